The molecule has 1 saturated heterocycles. The monoisotopic (exact) mass is 418 g/mol. The molecule has 4 rings (SSSR count). The molecule has 0 spiro atoms. The maximum atomic E-state index is 12.4. The first-order chi connectivity index (χ1) is 15.0. The van der Waals surface area contributed by atoms with Crippen LogP contribution in [0.5, 0.6) is 0 Å². The molecule has 2 aromatic heterocycles. The Balaban J connectivity index is 1.45. The molecule has 0 aliphatic carbocycles. The molecule has 1 aliphatic heterocycles. The third kappa shape index (κ3) is 4.91. The smallest absolute Gasteiger partial charge is 0.263 e. The van der Waals surface area contributed by atoms with Gasteiger partial charge in [-0.05, 0) is 62.6 Å². The van der Waals surface area contributed by atoms with E-state index >= 15 is 0 Å². The second-order valence-electron chi connectivity index (χ2n) is 7.73. The quantitative estimate of drug-likeness (QED) is 0.659. The molecular weight excluding hydrogens is 392 g/mol. The van der Waals surface area contributed by atoms with Crippen molar-refractivity contribution in [1.82, 2.24) is 14.5 Å². The van der Waals surface area contributed by atoms with Crippen molar-refractivity contribution in [3.63, 3.8) is 0 Å². The van der Waals surface area contributed by atoms with Gasteiger partial charge in [-0.2, -0.15) is 4.98 Å². The minimum absolute atomic E-state index is 0.102. The van der Waals surface area contributed by atoms with Gasteiger partial charge < -0.3 is 20.1 Å². The highest BCUT2D eigenvalue weighted by molar-refractivity contribution is 6.04. The van der Waals surface area contributed by atoms with Gasteiger partial charge in [-0.3, -0.25) is 9.59 Å². The van der Waals surface area contributed by atoms with E-state index in [-0.39, 0.29) is 11.1 Å². The van der Waals surface area contributed by atoms with E-state index in [0.717, 1.165) is 30.3 Å². The number of aromatic nitrogens is 3. The van der Waals surface area contributed by atoms with Crippen LogP contribution in [0.15, 0.2) is 53.5 Å². The minimum Gasteiger partial charge on any atom is -0.356 e. The Labute approximate surface area is 181 Å². The van der Waals surface area contributed by atoms with Gasteiger partial charge in [0.15, 0.2) is 0 Å². The number of benzene rings is 1. The highest BCUT2D eigenvalue weighted by atomic mass is 16.2. The number of piperidine rings is 1. The SMILES string of the molecule is Cc1cc(N2CCCCC2)nc(Nc2ccc(NC(=O)c3cccn(C)c3=O)cc2)n1. The lowest BCUT2D eigenvalue weighted by Gasteiger charge is -2.28. The lowest BCUT2D eigenvalue weighted by Crippen LogP contribution is -2.30. The third-order valence-corrected chi connectivity index (χ3v) is 5.29. The van der Waals surface area contributed by atoms with E-state index < -0.39 is 5.91 Å². The molecule has 3 heterocycles. The van der Waals surface area contributed by atoms with Crippen molar-refractivity contribution in [3.05, 3.63) is 70.3 Å². The molecule has 2 N–H and O–H groups in total. The number of anilines is 4. The number of amides is 1. The summed E-state index contributed by atoms with van der Waals surface area (Å²) in [6.45, 7) is 4.01. The summed E-state index contributed by atoms with van der Waals surface area (Å²) in [5, 5.41) is 6.00. The van der Waals surface area contributed by atoms with Crippen LogP contribution < -0.4 is 21.1 Å². The van der Waals surface area contributed by atoms with Crippen LogP contribution in [0.4, 0.5) is 23.1 Å². The first kappa shape index (κ1) is 20.6. The number of carbonyl (C=O) groups is 1. The van der Waals surface area contributed by atoms with Crippen molar-refractivity contribution in [3.8, 4) is 0 Å². The number of rotatable bonds is 5. The van der Waals surface area contributed by atoms with Crippen molar-refractivity contribution in [2.24, 2.45) is 7.05 Å². The number of hydrogen-bond acceptors (Lipinski definition) is 6. The molecule has 1 fully saturated rings. The van der Waals surface area contributed by atoms with E-state index in [1.807, 2.05) is 25.1 Å². The fourth-order valence-corrected chi connectivity index (χ4v) is 3.63. The van der Waals surface area contributed by atoms with E-state index in [0.29, 0.717) is 11.6 Å². The lowest BCUT2D eigenvalue weighted by molar-refractivity contribution is 0.102. The largest absolute Gasteiger partial charge is 0.356 e. The molecule has 8 nitrogen and oxygen atoms in total. The van der Waals surface area contributed by atoms with Gasteiger partial charge in [0.05, 0.1) is 0 Å². The van der Waals surface area contributed by atoms with E-state index in [2.05, 4.69) is 25.5 Å². The van der Waals surface area contributed by atoms with Crippen LogP contribution in [0.25, 0.3) is 0 Å². The molecular formula is C23H26N6O2. The summed E-state index contributed by atoms with van der Waals surface area (Å²) < 4.78 is 1.38. The summed E-state index contributed by atoms with van der Waals surface area (Å²) >= 11 is 0. The highest BCUT2D eigenvalue weighted by Crippen LogP contribution is 2.22. The number of nitrogens with zero attached hydrogens (tertiary/aromatic N) is 4. The van der Waals surface area contributed by atoms with Crippen LogP contribution in [0, 0.1) is 6.92 Å². The van der Waals surface area contributed by atoms with Crippen LogP contribution in [0.3, 0.4) is 0 Å². The van der Waals surface area contributed by atoms with Crippen LogP contribution >= 0.6 is 0 Å². The number of nitrogens with one attached hydrogen (secondary N) is 2. The number of hydrogen-bond donors (Lipinski definition) is 2. The van der Waals surface area contributed by atoms with Crippen LogP contribution in [-0.4, -0.2) is 33.5 Å². The third-order valence-electron chi connectivity index (χ3n) is 5.29. The van der Waals surface area contributed by atoms with Gasteiger partial charge in [-0.15, -0.1) is 0 Å². The van der Waals surface area contributed by atoms with Gasteiger partial charge >= 0.3 is 0 Å². The molecule has 1 aromatic carbocycles. The molecule has 0 saturated carbocycles. The fourth-order valence-electron chi connectivity index (χ4n) is 3.63. The molecule has 1 amide bonds. The van der Waals surface area contributed by atoms with E-state index in [1.165, 1.54) is 29.9 Å². The second kappa shape index (κ2) is 8.99. The van der Waals surface area contributed by atoms with E-state index in [1.54, 1.807) is 31.4 Å². The predicted octanol–water partition coefficient (Wildman–Crippen LogP) is 3.47. The molecule has 31 heavy (non-hydrogen) atoms. The maximum Gasteiger partial charge on any atom is 0.263 e. The molecule has 0 atom stereocenters. The Hall–Kier alpha value is -3.68. The average molecular weight is 419 g/mol. The zero-order chi connectivity index (χ0) is 21.8. The van der Waals surface area contributed by atoms with Crippen molar-refractivity contribution in [2.45, 2.75) is 26.2 Å². The maximum absolute atomic E-state index is 12.4. The average Bonchev–Trinajstić information content (AvgIpc) is 2.77. The fraction of sp³-hybridized carbons (Fsp3) is 0.304. The summed E-state index contributed by atoms with van der Waals surface area (Å²) in [6.07, 6.45) is 5.26. The number of aryl methyl sites for hydroxylation is 2. The molecule has 8 heteroatoms. The van der Waals surface area contributed by atoms with Gasteiger partial charge in [-0.1, -0.05) is 0 Å². The van der Waals surface area contributed by atoms with E-state index in [4.69, 9.17) is 0 Å². The summed E-state index contributed by atoms with van der Waals surface area (Å²) in [7, 11) is 1.61. The summed E-state index contributed by atoms with van der Waals surface area (Å²) in [4.78, 5) is 36.0. The van der Waals surface area contributed by atoms with Crippen LogP contribution in [-0.2, 0) is 7.05 Å². The van der Waals surface area contributed by atoms with Gasteiger partial charge in [0.1, 0.15) is 11.4 Å². The lowest BCUT2D eigenvalue weighted by atomic mass is 10.1. The molecule has 0 bridgehead atoms. The standard InChI is InChI=1S/C23H26N6O2/c1-16-15-20(29-13-4-3-5-14-29)27-23(24-16)26-18-10-8-17(9-11-18)25-21(30)19-7-6-12-28(2)22(19)31/h6-12,15H,3-5,13-14H2,1-2H3,(H,25,30)(H,24,26,27). The molecule has 160 valence electrons. The molecule has 0 radical (unpaired) electrons. The van der Waals surface area contributed by atoms with Crippen molar-refractivity contribution < 1.29 is 4.79 Å². The highest BCUT2D eigenvalue weighted by Gasteiger charge is 2.14. The van der Waals surface area contributed by atoms with Gasteiger partial charge in [0, 0.05) is 49.5 Å². The van der Waals surface area contributed by atoms with Crippen LogP contribution in [0.2, 0.25) is 0 Å². The molecule has 3 aromatic rings. The van der Waals surface area contributed by atoms with Gasteiger partial charge in [0.25, 0.3) is 11.5 Å². The van der Waals surface area contributed by atoms with Crippen molar-refractivity contribution in [2.75, 3.05) is 28.6 Å². The topological polar surface area (TPSA) is 92.2 Å². The molecule has 1 aliphatic rings. The second-order valence-corrected chi connectivity index (χ2v) is 7.73. The Morgan fingerprint density at radius 3 is 2.45 bits per heavy atom. The zero-order valence-electron chi connectivity index (χ0n) is 17.8. The van der Waals surface area contributed by atoms with Crippen molar-refractivity contribution in [1.29, 1.82) is 0 Å². The first-order valence-corrected chi connectivity index (χ1v) is 10.4. The normalized spacial score (nSPS) is 13.7. The molecule has 0 unspecified atom stereocenters. The summed E-state index contributed by atoms with van der Waals surface area (Å²) in [6, 6.07) is 12.4. The predicted molar refractivity (Wildman–Crippen MR) is 122 cm³/mol. The Kier molecular flexibility index (Phi) is 5.97. The number of pyridine rings is 1. The van der Waals surface area contributed by atoms with Gasteiger partial charge in [0.2, 0.25) is 5.95 Å². The van der Waals surface area contributed by atoms with E-state index in [9.17, 15) is 9.59 Å². The Bertz CT molecular complexity index is 1130. The van der Waals surface area contributed by atoms with Gasteiger partial charge in [-0.25, -0.2) is 4.98 Å². The Morgan fingerprint density at radius 1 is 1.00 bits per heavy atom. The minimum atomic E-state index is -0.435. The summed E-state index contributed by atoms with van der Waals surface area (Å²) in [5.41, 5.74) is 2.08. The summed E-state index contributed by atoms with van der Waals surface area (Å²) in [5.74, 6) is 1.06. The zero-order valence-corrected chi connectivity index (χ0v) is 17.8. The van der Waals surface area contributed by atoms with Crippen molar-refractivity contribution >= 4 is 29.0 Å². The van der Waals surface area contributed by atoms with Crippen LogP contribution in [0.1, 0.15) is 35.3 Å². The first-order valence-electron chi connectivity index (χ1n) is 10.4. The number of carbonyl (C=O) groups excluding carboxylic acids is 1. The Morgan fingerprint density at radius 2 is 1.71 bits per heavy atom.